The molecule has 0 spiro atoms. The standard InChI is InChI=1S/C28H29N5O9S3/c1-4-29-23-13-10-20-19(27(23)33-31-22-12-8-18(44(38,39)6-3)16-26(22)45(40,41)42)9-14-24(28(20)35)32-30-21-11-7-17(15-25(21)34)43(36,37)5-2/h7-16,29,34-35H,4-6H2,1-3H3,(H,40,41,42)/b32-30+,33-31+. The van der Waals surface area contributed by atoms with Crippen LogP contribution in [0.25, 0.3) is 10.8 Å². The summed E-state index contributed by atoms with van der Waals surface area (Å²) in [5.41, 5.74) is 0.305. The first-order valence-electron chi connectivity index (χ1n) is 13.4. The molecule has 0 fully saturated rings. The van der Waals surface area contributed by atoms with E-state index in [-0.39, 0.29) is 55.2 Å². The van der Waals surface area contributed by atoms with E-state index in [1.807, 2.05) is 6.92 Å². The van der Waals surface area contributed by atoms with Crippen LogP contribution in [0.1, 0.15) is 20.8 Å². The molecule has 45 heavy (non-hydrogen) atoms. The highest BCUT2D eigenvalue weighted by molar-refractivity contribution is 7.91. The summed E-state index contributed by atoms with van der Waals surface area (Å²) < 4.78 is 82.7. The number of benzene rings is 4. The van der Waals surface area contributed by atoms with E-state index in [4.69, 9.17) is 0 Å². The Bertz CT molecular complexity index is 2180. The third kappa shape index (κ3) is 7.11. The molecule has 0 saturated heterocycles. The fourth-order valence-electron chi connectivity index (χ4n) is 4.19. The lowest BCUT2D eigenvalue weighted by atomic mass is 10.1. The summed E-state index contributed by atoms with van der Waals surface area (Å²) in [5.74, 6) is -1.17. The Labute approximate surface area is 259 Å². The summed E-state index contributed by atoms with van der Waals surface area (Å²) in [7, 11) is -12.2. The van der Waals surface area contributed by atoms with Gasteiger partial charge in [0.25, 0.3) is 10.1 Å². The summed E-state index contributed by atoms with van der Waals surface area (Å²) in [6.45, 7) is 5.17. The molecular formula is C28H29N5O9S3. The first-order chi connectivity index (χ1) is 21.1. The molecule has 4 aromatic carbocycles. The molecule has 238 valence electrons. The Hall–Kier alpha value is -4.45. The van der Waals surface area contributed by atoms with E-state index < -0.39 is 40.4 Å². The van der Waals surface area contributed by atoms with E-state index in [1.165, 1.54) is 32.0 Å². The van der Waals surface area contributed by atoms with Crippen molar-refractivity contribution < 1.29 is 40.0 Å². The van der Waals surface area contributed by atoms with Gasteiger partial charge in [0, 0.05) is 23.4 Å². The van der Waals surface area contributed by atoms with Gasteiger partial charge in [0.05, 0.1) is 27.0 Å². The maximum absolute atomic E-state index is 12.3. The Morgan fingerprint density at radius 2 is 1.18 bits per heavy atom. The molecule has 4 rings (SSSR count). The van der Waals surface area contributed by atoms with Gasteiger partial charge in [-0.2, -0.15) is 8.42 Å². The van der Waals surface area contributed by atoms with Crippen molar-refractivity contribution in [2.45, 2.75) is 35.5 Å². The van der Waals surface area contributed by atoms with Gasteiger partial charge in [-0.1, -0.05) is 13.8 Å². The van der Waals surface area contributed by atoms with Crippen molar-refractivity contribution in [1.82, 2.24) is 0 Å². The highest BCUT2D eigenvalue weighted by Crippen LogP contribution is 2.43. The van der Waals surface area contributed by atoms with E-state index >= 15 is 0 Å². The number of rotatable bonds is 11. The van der Waals surface area contributed by atoms with Gasteiger partial charge in [0.15, 0.2) is 25.4 Å². The molecule has 4 N–H and O–H groups in total. The van der Waals surface area contributed by atoms with Crippen LogP contribution in [0.15, 0.2) is 95.8 Å². The summed E-state index contributed by atoms with van der Waals surface area (Å²) in [6.07, 6.45) is 0. The number of hydrogen-bond donors (Lipinski definition) is 4. The maximum Gasteiger partial charge on any atom is 0.296 e. The molecule has 0 aliphatic rings. The molecule has 0 radical (unpaired) electrons. The minimum atomic E-state index is -4.89. The minimum Gasteiger partial charge on any atom is -0.506 e. The monoisotopic (exact) mass is 675 g/mol. The van der Waals surface area contributed by atoms with E-state index in [1.54, 1.807) is 18.2 Å². The molecule has 4 aromatic rings. The average molecular weight is 676 g/mol. The smallest absolute Gasteiger partial charge is 0.296 e. The van der Waals surface area contributed by atoms with Gasteiger partial charge in [-0.05, 0) is 61.5 Å². The van der Waals surface area contributed by atoms with Crippen LogP contribution in [0, 0.1) is 0 Å². The zero-order valence-electron chi connectivity index (χ0n) is 24.2. The summed E-state index contributed by atoms with van der Waals surface area (Å²) in [6, 6.07) is 12.9. The van der Waals surface area contributed by atoms with Crippen LogP contribution in [0.3, 0.4) is 0 Å². The molecule has 0 bridgehead atoms. The Kier molecular flexibility index (Phi) is 9.57. The fraction of sp³-hybridized carbons (Fsp3) is 0.214. The predicted molar refractivity (Wildman–Crippen MR) is 168 cm³/mol. The van der Waals surface area contributed by atoms with Crippen LogP contribution in [-0.4, -0.2) is 58.1 Å². The number of nitrogens with one attached hydrogen (secondary N) is 1. The number of fused-ring (bicyclic) bond motifs is 1. The van der Waals surface area contributed by atoms with Gasteiger partial charge in [-0.3, -0.25) is 4.55 Å². The zero-order chi connectivity index (χ0) is 33.2. The molecule has 0 aliphatic carbocycles. The van der Waals surface area contributed by atoms with Crippen molar-refractivity contribution in [3.8, 4) is 11.5 Å². The number of phenolic OH excluding ortho intramolecular Hbond substituents is 2. The Morgan fingerprint density at radius 3 is 1.76 bits per heavy atom. The highest BCUT2D eigenvalue weighted by Gasteiger charge is 2.22. The Morgan fingerprint density at radius 1 is 0.644 bits per heavy atom. The maximum atomic E-state index is 12.3. The largest absolute Gasteiger partial charge is 0.506 e. The number of azo groups is 2. The number of anilines is 1. The lowest BCUT2D eigenvalue weighted by Crippen LogP contribution is -2.06. The molecule has 0 heterocycles. The molecular weight excluding hydrogens is 647 g/mol. The van der Waals surface area contributed by atoms with Crippen LogP contribution in [0.5, 0.6) is 11.5 Å². The van der Waals surface area contributed by atoms with Crippen molar-refractivity contribution in [3.63, 3.8) is 0 Å². The van der Waals surface area contributed by atoms with Crippen molar-refractivity contribution in [3.05, 3.63) is 60.7 Å². The van der Waals surface area contributed by atoms with E-state index in [9.17, 15) is 40.0 Å². The van der Waals surface area contributed by atoms with Crippen molar-refractivity contribution in [2.24, 2.45) is 20.5 Å². The lowest BCUT2D eigenvalue weighted by molar-refractivity contribution is 0.473. The zero-order valence-corrected chi connectivity index (χ0v) is 26.6. The fourth-order valence-corrected chi connectivity index (χ4v) is 6.72. The van der Waals surface area contributed by atoms with Gasteiger partial charge < -0.3 is 15.5 Å². The molecule has 0 unspecified atom stereocenters. The summed E-state index contributed by atoms with van der Waals surface area (Å²) >= 11 is 0. The first kappa shape index (κ1) is 33.4. The number of nitrogens with zero attached hydrogens (tertiary/aromatic N) is 4. The topological polar surface area (TPSA) is 225 Å². The number of aromatic hydroxyl groups is 2. The van der Waals surface area contributed by atoms with Gasteiger partial charge in [-0.15, -0.1) is 20.5 Å². The van der Waals surface area contributed by atoms with Crippen molar-refractivity contribution >= 4 is 69.0 Å². The molecule has 0 amide bonds. The summed E-state index contributed by atoms with van der Waals surface area (Å²) in [4.78, 5) is -1.13. The third-order valence-electron chi connectivity index (χ3n) is 6.65. The van der Waals surface area contributed by atoms with Crippen LogP contribution in [0.4, 0.5) is 28.4 Å². The molecule has 0 saturated carbocycles. The molecule has 0 aromatic heterocycles. The number of phenols is 2. The van der Waals surface area contributed by atoms with Gasteiger partial charge >= 0.3 is 0 Å². The summed E-state index contributed by atoms with van der Waals surface area (Å²) in [5, 5.41) is 41.2. The van der Waals surface area contributed by atoms with E-state index in [2.05, 4.69) is 25.8 Å². The number of sulfone groups is 2. The molecule has 14 nitrogen and oxygen atoms in total. The lowest BCUT2D eigenvalue weighted by Gasteiger charge is -2.12. The molecule has 0 atom stereocenters. The van der Waals surface area contributed by atoms with Crippen molar-refractivity contribution in [2.75, 3.05) is 23.4 Å². The van der Waals surface area contributed by atoms with Crippen LogP contribution >= 0.6 is 0 Å². The van der Waals surface area contributed by atoms with E-state index in [0.717, 1.165) is 24.3 Å². The van der Waals surface area contributed by atoms with Crippen LogP contribution in [-0.2, 0) is 29.8 Å². The highest BCUT2D eigenvalue weighted by atomic mass is 32.2. The SMILES string of the molecule is CCNc1ccc2c(O)c(/N=N/c3ccc(S(=O)(=O)CC)cc3O)ccc2c1/N=N/c1ccc(S(=O)(=O)CC)cc1S(=O)(=O)O. The van der Waals surface area contributed by atoms with Gasteiger partial charge in [-0.25, -0.2) is 16.8 Å². The second-order valence-corrected chi connectivity index (χ2v) is 15.4. The second-order valence-electron chi connectivity index (χ2n) is 9.48. The average Bonchev–Trinajstić information content (AvgIpc) is 3.00. The van der Waals surface area contributed by atoms with Crippen LogP contribution < -0.4 is 5.32 Å². The van der Waals surface area contributed by atoms with Gasteiger partial charge in [0.2, 0.25) is 0 Å². The van der Waals surface area contributed by atoms with Crippen molar-refractivity contribution in [1.29, 1.82) is 0 Å². The second kappa shape index (κ2) is 12.9. The molecule has 0 aliphatic heterocycles. The Balaban J connectivity index is 1.79. The normalized spacial score (nSPS) is 12.8. The quantitative estimate of drug-likeness (QED) is 0.102. The van der Waals surface area contributed by atoms with Gasteiger partial charge in [0.1, 0.15) is 33.4 Å². The predicted octanol–water partition coefficient (Wildman–Crippen LogP) is 6.35. The first-order valence-corrected chi connectivity index (χ1v) is 18.1. The minimum absolute atomic E-state index is 0.00706. The van der Waals surface area contributed by atoms with Crippen LogP contribution in [0.2, 0.25) is 0 Å². The van der Waals surface area contributed by atoms with E-state index in [0.29, 0.717) is 17.6 Å². The third-order valence-corrected chi connectivity index (χ3v) is 11.0. The molecule has 17 heteroatoms. The number of hydrogen-bond acceptors (Lipinski definition) is 13.